The third kappa shape index (κ3) is 7.00. The molecule has 2 N–H and O–H groups in total. The number of halogens is 2. The largest absolute Gasteiger partial charge is 0.489 e. The van der Waals surface area contributed by atoms with E-state index in [9.17, 15) is 4.39 Å². The minimum atomic E-state index is -0.313. The number of nitrogens with one attached hydrogen (secondary N) is 2. The highest BCUT2D eigenvalue weighted by Gasteiger charge is 2.14. The van der Waals surface area contributed by atoms with Gasteiger partial charge in [-0.15, -0.1) is 24.0 Å². The Labute approximate surface area is 177 Å². The van der Waals surface area contributed by atoms with Crippen molar-refractivity contribution in [2.45, 2.75) is 46.3 Å². The van der Waals surface area contributed by atoms with Gasteiger partial charge in [-0.3, -0.25) is 4.99 Å². The highest BCUT2D eigenvalue weighted by atomic mass is 127. The molecule has 2 aromatic rings. The van der Waals surface area contributed by atoms with Gasteiger partial charge in [0.15, 0.2) is 5.96 Å². The van der Waals surface area contributed by atoms with Gasteiger partial charge in [0.1, 0.15) is 23.4 Å². The predicted molar refractivity (Wildman–Crippen MR) is 115 cm³/mol. The number of rotatable bonds is 8. The molecule has 27 heavy (non-hydrogen) atoms. The number of aromatic nitrogens is 1. The van der Waals surface area contributed by atoms with Gasteiger partial charge in [0.2, 0.25) is 0 Å². The normalized spacial score (nSPS) is 12.3. The summed E-state index contributed by atoms with van der Waals surface area (Å²) in [6.45, 7) is 7.13. The Balaban J connectivity index is 0.00000364. The third-order valence-corrected chi connectivity index (χ3v) is 3.95. The molecule has 0 bridgehead atoms. The molecular weight excluding hydrogens is 462 g/mol. The van der Waals surface area contributed by atoms with Crippen molar-refractivity contribution in [1.82, 2.24) is 15.8 Å². The lowest BCUT2D eigenvalue weighted by Gasteiger charge is -2.18. The fourth-order valence-corrected chi connectivity index (χ4v) is 2.59. The van der Waals surface area contributed by atoms with Crippen molar-refractivity contribution >= 4 is 29.9 Å². The Morgan fingerprint density at radius 2 is 2.07 bits per heavy atom. The minimum Gasteiger partial charge on any atom is -0.489 e. The number of nitrogens with zero attached hydrogens (tertiary/aromatic N) is 2. The summed E-state index contributed by atoms with van der Waals surface area (Å²) >= 11 is 0. The van der Waals surface area contributed by atoms with Gasteiger partial charge in [0.05, 0.1) is 12.2 Å². The molecule has 1 aromatic carbocycles. The molecule has 0 aliphatic rings. The van der Waals surface area contributed by atoms with E-state index in [1.54, 1.807) is 19.2 Å². The van der Waals surface area contributed by atoms with E-state index in [1.165, 1.54) is 12.1 Å². The number of benzene rings is 1. The van der Waals surface area contributed by atoms with Crippen LogP contribution in [-0.4, -0.2) is 30.8 Å². The molecule has 8 heteroatoms. The first-order valence-electron chi connectivity index (χ1n) is 8.90. The van der Waals surface area contributed by atoms with Crippen LogP contribution < -0.4 is 15.4 Å². The van der Waals surface area contributed by atoms with Crippen molar-refractivity contribution in [3.05, 3.63) is 47.1 Å². The first-order valence-corrected chi connectivity index (χ1v) is 8.90. The van der Waals surface area contributed by atoms with Gasteiger partial charge < -0.3 is 19.9 Å². The average Bonchev–Trinajstić information content (AvgIpc) is 3.04. The van der Waals surface area contributed by atoms with Crippen molar-refractivity contribution in [3.63, 3.8) is 0 Å². The highest BCUT2D eigenvalue weighted by Crippen LogP contribution is 2.15. The van der Waals surface area contributed by atoms with Crippen molar-refractivity contribution in [1.29, 1.82) is 0 Å². The summed E-state index contributed by atoms with van der Waals surface area (Å²) in [5.41, 5.74) is 2.05. The van der Waals surface area contributed by atoms with Crippen LogP contribution in [0.1, 0.15) is 37.8 Å². The van der Waals surface area contributed by atoms with Gasteiger partial charge >= 0.3 is 0 Å². The van der Waals surface area contributed by atoms with Crippen molar-refractivity contribution in [2.75, 3.05) is 13.6 Å². The maximum absolute atomic E-state index is 13.2. The summed E-state index contributed by atoms with van der Waals surface area (Å²) in [7, 11) is 1.71. The Hall–Kier alpha value is -1.84. The van der Waals surface area contributed by atoms with E-state index < -0.39 is 0 Å². The van der Waals surface area contributed by atoms with E-state index in [2.05, 4.69) is 27.7 Å². The second kappa shape index (κ2) is 11.8. The van der Waals surface area contributed by atoms with E-state index in [0.717, 1.165) is 29.9 Å². The molecule has 0 spiro atoms. The summed E-state index contributed by atoms with van der Waals surface area (Å²) in [6, 6.07) is 6.12. The summed E-state index contributed by atoms with van der Waals surface area (Å²) in [4.78, 5) is 4.22. The molecule has 1 unspecified atom stereocenters. The first kappa shape index (κ1) is 23.2. The minimum absolute atomic E-state index is 0. The first-order chi connectivity index (χ1) is 12.6. The van der Waals surface area contributed by atoms with Crippen LogP contribution in [0.25, 0.3) is 0 Å². The van der Waals surface area contributed by atoms with E-state index in [4.69, 9.17) is 9.26 Å². The number of guanidine groups is 1. The summed E-state index contributed by atoms with van der Waals surface area (Å²) < 4.78 is 24.3. The smallest absolute Gasteiger partial charge is 0.191 e. The molecule has 0 saturated heterocycles. The molecule has 0 aliphatic heterocycles. The molecule has 0 fully saturated rings. The van der Waals surface area contributed by atoms with E-state index in [1.807, 2.05) is 13.8 Å². The summed E-state index contributed by atoms with van der Waals surface area (Å²) in [5, 5.41) is 10.6. The monoisotopic (exact) mass is 490 g/mol. The molecule has 2 rings (SSSR count). The SMILES string of the molecule is CCc1noc(CC)c1CNC(=NC)NCC(C)Oc1cccc(F)c1.I. The predicted octanol–water partition coefficient (Wildman–Crippen LogP) is 3.69. The van der Waals surface area contributed by atoms with Gasteiger partial charge in [-0.2, -0.15) is 0 Å². The Kier molecular flexibility index (Phi) is 10.1. The maximum atomic E-state index is 13.2. The van der Waals surface area contributed by atoms with Crippen LogP contribution in [0.3, 0.4) is 0 Å². The second-order valence-corrected chi connectivity index (χ2v) is 5.93. The molecule has 1 aromatic heterocycles. The number of aliphatic imine (C=N–C) groups is 1. The standard InChI is InChI=1S/C19H27FN4O2.HI/c1-5-17-16(18(6-2)26-24-17)12-23-19(21-4)22-11-13(3)25-15-9-7-8-14(20)10-15;/h7-10,13H,5-6,11-12H2,1-4H3,(H2,21,22,23);1H. The second-order valence-electron chi connectivity index (χ2n) is 5.93. The lowest BCUT2D eigenvalue weighted by atomic mass is 10.1. The summed E-state index contributed by atoms with van der Waals surface area (Å²) in [5.74, 6) is 1.75. The Bertz CT molecular complexity index is 715. The van der Waals surface area contributed by atoms with Crippen molar-refractivity contribution < 1.29 is 13.7 Å². The summed E-state index contributed by atoms with van der Waals surface area (Å²) in [6.07, 6.45) is 1.47. The van der Waals surface area contributed by atoms with Gasteiger partial charge in [0.25, 0.3) is 0 Å². The van der Waals surface area contributed by atoms with E-state index >= 15 is 0 Å². The van der Waals surface area contributed by atoms with Crippen LogP contribution in [0.2, 0.25) is 0 Å². The average molecular weight is 490 g/mol. The quantitative estimate of drug-likeness (QED) is 0.336. The van der Waals surface area contributed by atoms with Crippen LogP contribution >= 0.6 is 24.0 Å². The fourth-order valence-electron chi connectivity index (χ4n) is 2.59. The third-order valence-electron chi connectivity index (χ3n) is 3.95. The number of hydrogen-bond donors (Lipinski definition) is 2. The molecule has 1 heterocycles. The van der Waals surface area contributed by atoms with Crippen LogP contribution in [0.4, 0.5) is 4.39 Å². The van der Waals surface area contributed by atoms with Crippen LogP contribution in [-0.2, 0) is 19.4 Å². The zero-order valence-corrected chi connectivity index (χ0v) is 18.5. The zero-order chi connectivity index (χ0) is 18.9. The fraction of sp³-hybridized carbons (Fsp3) is 0.474. The van der Waals surface area contributed by atoms with Gasteiger partial charge in [0, 0.05) is 31.6 Å². The molecule has 0 aliphatic carbocycles. The number of aryl methyl sites for hydroxylation is 2. The Morgan fingerprint density at radius 1 is 1.30 bits per heavy atom. The molecule has 1 atom stereocenters. The Morgan fingerprint density at radius 3 is 2.70 bits per heavy atom. The van der Waals surface area contributed by atoms with E-state index in [0.29, 0.717) is 24.8 Å². The number of ether oxygens (including phenoxy) is 1. The maximum Gasteiger partial charge on any atom is 0.191 e. The lowest BCUT2D eigenvalue weighted by molar-refractivity contribution is 0.223. The van der Waals surface area contributed by atoms with Gasteiger partial charge in [-0.25, -0.2) is 4.39 Å². The molecule has 6 nitrogen and oxygen atoms in total. The molecule has 150 valence electrons. The van der Waals surface area contributed by atoms with Gasteiger partial charge in [-0.1, -0.05) is 25.1 Å². The molecule has 0 saturated carbocycles. The highest BCUT2D eigenvalue weighted by molar-refractivity contribution is 14.0. The van der Waals surface area contributed by atoms with Gasteiger partial charge in [-0.05, 0) is 25.5 Å². The zero-order valence-electron chi connectivity index (χ0n) is 16.2. The van der Waals surface area contributed by atoms with Crippen LogP contribution in [0.5, 0.6) is 5.75 Å². The van der Waals surface area contributed by atoms with Crippen LogP contribution in [0.15, 0.2) is 33.8 Å². The lowest BCUT2D eigenvalue weighted by Crippen LogP contribution is -2.41. The van der Waals surface area contributed by atoms with Crippen LogP contribution in [0, 0.1) is 5.82 Å². The van der Waals surface area contributed by atoms with Crippen molar-refractivity contribution in [2.24, 2.45) is 4.99 Å². The molecule has 0 amide bonds. The van der Waals surface area contributed by atoms with Crippen molar-refractivity contribution in [3.8, 4) is 5.75 Å². The molecular formula is C19H28FIN4O2. The molecule has 0 radical (unpaired) electrons. The topological polar surface area (TPSA) is 71.7 Å². The van der Waals surface area contributed by atoms with E-state index in [-0.39, 0.29) is 35.9 Å². The number of hydrogen-bond acceptors (Lipinski definition) is 4.